The molecular formula is C20H13NZr. The molecule has 2 heteroatoms. The van der Waals surface area contributed by atoms with Gasteiger partial charge in [-0.2, -0.15) is 6.08 Å². The minimum absolute atomic E-state index is 0. The standard InChI is InChI=1S/C15H8N.C5H5.Zr/c1-2-6-11-10(5-1)9-13-12-7-3-4-8-14(12)16-15(11)13;1-2-4-5-3-1;/h1-6,8-9H;1-3H,4H2;/q2*-1;+2. The van der Waals surface area contributed by atoms with Gasteiger partial charge >= 0.3 is 26.2 Å². The molecule has 2 aromatic rings. The van der Waals surface area contributed by atoms with Gasteiger partial charge in [0.2, 0.25) is 0 Å². The molecular weight excluding hydrogens is 345 g/mol. The first-order valence-electron chi connectivity index (χ1n) is 7.06. The number of rotatable bonds is 0. The molecule has 5 rings (SSSR count). The third-order valence-corrected chi connectivity index (χ3v) is 3.69. The van der Waals surface area contributed by atoms with Gasteiger partial charge in [0, 0.05) is 5.71 Å². The number of fused-ring (bicyclic) bond motifs is 5. The molecule has 0 saturated carbocycles. The van der Waals surface area contributed by atoms with Gasteiger partial charge in [0.15, 0.2) is 0 Å². The summed E-state index contributed by atoms with van der Waals surface area (Å²) in [5.74, 6) is 0. The van der Waals surface area contributed by atoms with Gasteiger partial charge in [-0.3, -0.25) is 6.08 Å². The molecule has 0 amide bonds. The monoisotopic (exact) mass is 357 g/mol. The van der Waals surface area contributed by atoms with Gasteiger partial charge in [-0.05, 0) is 16.8 Å². The second-order valence-electron chi connectivity index (χ2n) is 5.04. The Hall–Kier alpha value is -1.79. The molecule has 0 atom stereocenters. The quantitative estimate of drug-likeness (QED) is 0.601. The van der Waals surface area contributed by atoms with Crippen molar-refractivity contribution >= 4 is 23.0 Å². The van der Waals surface area contributed by atoms with Crippen LogP contribution in [0.2, 0.25) is 0 Å². The average Bonchev–Trinajstić information content (AvgIpc) is 3.25. The molecule has 1 aliphatic heterocycles. The summed E-state index contributed by atoms with van der Waals surface area (Å²) in [4.78, 5) is 4.67. The average molecular weight is 359 g/mol. The Kier molecular flexibility index (Phi) is 4.50. The summed E-state index contributed by atoms with van der Waals surface area (Å²) < 4.78 is 0. The summed E-state index contributed by atoms with van der Waals surface area (Å²) in [6.07, 6.45) is 12.2. The summed E-state index contributed by atoms with van der Waals surface area (Å²) in [5.41, 5.74) is 7.00. The van der Waals surface area contributed by atoms with Gasteiger partial charge in [0.25, 0.3) is 0 Å². The number of hydrogen-bond acceptors (Lipinski definition) is 1. The van der Waals surface area contributed by atoms with E-state index in [1.807, 2.05) is 30.4 Å². The summed E-state index contributed by atoms with van der Waals surface area (Å²) in [7, 11) is 0. The Morgan fingerprint density at radius 3 is 2.73 bits per heavy atom. The molecule has 1 nitrogen and oxygen atoms in total. The maximum atomic E-state index is 4.67. The van der Waals surface area contributed by atoms with Crippen molar-refractivity contribution in [3.05, 3.63) is 89.5 Å². The van der Waals surface area contributed by atoms with E-state index in [0.29, 0.717) is 0 Å². The molecule has 0 fully saturated rings. The third kappa shape index (κ3) is 2.64. The molecule has 102 valence electrons. The van der Waals surface area contributed by atoms with Crippen molar-refractivity contribution in [2.75, 3.05) is 0 Å². The van der Waals surface area contributed by atoms with Gasteiger partial charge < -0.3 is 4.99 Å². The molecule has 0 unspecified atom stereocenters. The Balaban J connectivity index is 0.000000208. The van der Waals surface area contributed by atoms with Crippen molar-refractivity contribution in [1.82, 2.24) is 0 Å². The smallest absolute Gasteiger partial charge is 0.306 e. The normalized spacial score (nSPS) is 14.9. The van der Waals surface area contributed by atoms with Gasteiger partial charge in [0.1, 0.15) is 0 Å². The van der Waals surface area contributed by atoms with Crippen LogP contribution in [0, 0.1) is 12.1 Å². The van der Waals surface area contributed by atoms with Crippen LogP contribution in [0.15, 0.2) is 65.7 Å². The third-order valence-electron chi connectivity index (χ3n) is 3.69. The number of hydrogen-bond donors (Lipinski definition) is 0. The van der Waals surface area contributed by atoms with E-state index in [9.17, 15) is 0 Å². The first kappa shape index (κ1) is 15.1. The van der Waals surface area contributed by atoms with E-state index < -0.39 is 0 Å². The first-order valence-corrected chi connectivity index (χ1v) is 7.06. The van der Waals surface area contributed by atoms with E-state index in [1.165, 1.54) is 16.7 Å². The zero-order valence-corrected chi connectivity index (χ0v) is 14.5. The van der Waals surface area contributed by atoms with Crippen molar-refractivity contribution in [3.8, 4) is 0 Å². The van der Waals surface area contributed by atoms with Gasteiger partial charge in [0.05, 0.1) is 0 Å². The largest absolute Gasteiger partial charge is 2.00 e. The number of aliphatic imine (C=N–C) groups is 1. The molecule has 0 bridgehead atoms. The van der Waals surface area contributed by atoms with Crippen LogP contribution < -0.4 is 0 Å². The fourth-order valence-corrected chi connectivity index (χ4v) is 2.72. The van der Waals surface area contributed by atoms with E-state index in [4.69, 9.17) is 0 Å². The van der Waals surface area contributed by atoms with Crippen molar-refractivity contribution in [2.24, 2.45) is 4.99 Å². The van der Waals surface area contributed by atoms with Crippen molar-refractivity contribution in [3.63, 3.8) is 0 Å². The SMILES string of the molecule is [C-]1=CC=CC1.[Zr+2].[c-]1cccc2c1C1=Cc3ccccc3C1=N2. The van der Waals surface area contributed by atoms with Crippen molar-refractivity contribution in [2.45, 2.75) is 6.42 Å². The fraction of sp³-hybridized carbons (Fsp3) is 0.0500. The minimum Gasteiger partial charge on any atom is -0.306 e. The van der Waals surface area contributed by atoms with E-state index in [-0.39, 0.29) is 26.2 Å². The Labute approximate surface area is 149 Å². The van der Waals surface area contributed by atoms with E-state index in [2.05, 4.69) is 53.6 Å². The molecule has 0 spiro atoms. The zero-order valence-electron chi connectivity index (χ0n) is 12.0. The van der Waals surface area contributed by atoms with Crippen molar-refractivity contribution < 1.29 is 26.2 Å². The Morgan fingerprint density at radius 2 is 1.95 bits per heavy atom. The van der Waals surface area contributed by atoms with Crippen LogP contribution in [0.3, 0.4) is 0 Å². The molecule has 2 aliphatic carbocycles. The predicted molar refractivity (Wildman–Crippen MR) is 87.4 cm³/mol. The number of allylic oxidation sites excluding steroid dienone is 5. The topological polar surface area (TPSA) is 12.4 Å². The summed E-state index contributed by atoms with van der Waals surface area (Å²) in [6, 6.07) is 17.6. The molecule has 22 heavy (non-hydrogen) atoms. The van der Waals surface area contributed by atoms with Crippen LogP contribution in [-0.2, 0) is 26.2 Å². The molecule has 0 N–H and O–H groups in total. The fourth-order valence-electron chi connectivity index (χ4n) is 2.72. The molecule has 1 heterocycles. The van der Waals surface area contributed by atoms with E-state index in [0.717, 1.165) is 23.4 Å². The maximum absolute atomic E-state index is 4.67. The van der Waals surface area contributed by atoms with Crippen LogP contribution in [0.25, 0.3) is 11.6 Å². The van der Waals surface area contributed by atoms with Gasteiger partial charge in [-0.1, -0.05) is 35.9 Å². The first-order chi connectivity index (χ1) is 10.4. The predicted octanol–water partition coefficient (Wildman–Crippen LogP) is 4.78. The molecule has 0 radical (unpaired) electrons. The molecule has 3 aliphatic rings. The van der Waals surface area contributed by atoms with Gasteiger partial charge in [-0.15, -0.1) is 36.2 Å². The second-order valence-corrected chi connectivity index (χ2v) is 5.04. The second kappa shape index (κ2) is 6.54. The van der Waals surface area contributed by atoms with E-state index >= 15 is 0 Å². The van der Waals surface area contributed by atoms with Crippen LogP contribution in [0.5, 0.6) is 0 Å². The van der Waals surface area contributed by atoms with Crippen LogP contribution in [0.1, 0.15) is 23.1 Å². The summed E-state index contributed by atoms with van der Waals surface area (Å²) in [6.45, 7) is 0. The zero-order chi connectivity index (χ0) is 14.1. The van der Waals surface area contributed by atoms with E-state index in [1.54, 1.807) is 0 Å². The summed E-state index contributed by atoms with van der Waals surface area (Å²) >= 11 is 0. The van der Waals surface area contributed by atoms with Crippen LogP contribution in [0.4, 0.5) is 5.69 Å². The Morgan fingerprint density at radius 1 is 1.05 bits per heavy atom. The maximum Gasteiger partial charge on any atom is 2.00 e. The minimum atomic E-state index is 0. The summed E-state index contributed by atoms with van der Waals surface area (Å²) in [5, 5.41) is 0. The molecule has 2 aromatic carbocycles. The molecule has 0 saturated heterocycles. The van der Waals surface area contributed by atoms with Crippen LogP contribution in [-0.4, -0.2) is 5.71 Å². The van der Waals surface area contributed by atoms with Crippen LogP contribution >= 0.6 is 0 Å². The number of nitrogens with zero attached hydrogens (tertiary/aromatic N) is 1. The van der Waals surface area contributed by atoms with Crippen molar-refractivity contribution in [1.29, 1.82) is 0 Å². The molecule has 0 aromatic heterocycles. The number of benzene rings is 2. The van der Waals surface area contributed by atoms with Gasteiger partial charge in [-0.25, -0.2) is 12.2 Å². The Bertz CT molecular complexity index is 756.